The third-order valence-corrected chi connectivity index (χ3v) is 4.74. The predicted octanol–water partition coefficient (Wildman–Crippen LogP) is 2.06. The maximum Gasteiger partial charge on any atom is 0.227 e. The van der Waals surface area contributed by atoms with Gasteiger partial charge in [-0.05, 0) is 19.1 Å². The van der Waals surface area contributed by atoms with Crippen LogP contribution in [0, 0.1) is 6.92 Å². The average Bonchev–Trinajstić information content (AvgIpc) is 2.85. The molecule has 0 radical (unpaired) electrons. The van der Waals surface area contributed by atoms with E-state index in [0.29, 0.717) is 17.3 Å². The molecule has 2 heterocycles. The maximum atomic E-state index is 11.8. The Morgan fingerprint density at radius 1 is 1.41 bits per heavy atom. The number of aromatic nitrogens is 2. The van der Waals surface area contributed by atoms with Gasteiger partial charge >= 0.3 is 0 Å². The second-order valence-corrected chi connectivity index (χ2v) is 6.57. The third-order valence-electron chi connectivity index (χ3n) is 2.66. The van der Waals surface area contributed by atoms with E-state index in [1.165, 1.54) is 23.1 Å². The van der Waals surface area contributed by atoms with Crippen molar-refractivity contribution in [1.82, 2.24) is 9.97 Å². The number of thioether (sulfide) groups is 1. The summed E-state index contributed by atoms with van der Waals surface area (Å²) in [6.45, 7) is 1.89. The summed E-state index contributed by atoms with van der Waals surface area (Å²) in [6, 6.07) is 5.68. The largest absolute Gasteiger partial charge is 0.369 e. The van der Waals surface area contributed by atoms with Gasteiger partial charge in [-0.3, -0.25) is 14.6 Å². The third kappa shape index (κ3) is 4.81. The molecule has 0 fully saturated rings. The molecule has 0 unspecified atom stereocenters. The predicted molar refractivity (Wildman–Crippen MR) is 89.8 cm³/mol. The monoisotopic (exact) mass is 336 g/mol. The number of nitrogens with one attached hydrogen (secondary N) is 1. The van der Waals surface area contributed by atoms with E-state index in [1.807, 2.05) is 25.1 Å². The van der Waals surface area contributed by atoms with E-state index < -0.39 is 0 Å². The standard InChI is InChI=1S/C14H16N4O2S2/c1-9-13(10-4-2-3-6-16-10)22-14(17-9)18-12(20)5-7-21-8-11(15)19/h2-4,6H,5,7-8H2,1H3,(H2,15,19)(H,17,18,20). The molecule has 0 aliphatic carbocycles. The molecule has 0 aromatic carbocycles. The zero-order chi connectivity index (χ0) is 15.9. The quantitative estimate of drug-likeness (QED) is 0.754. The summed E-state index contributed by atoms with van der Waals surface area (Å²) in [5.74, 6) is 0.277. The summed E-state index contributed by atoms with van der Waals surface area (Å²) in [7, 11) is 0. The van der Waals surface area contributed by atoms with Crippen LogP contribution in [0.3, 0.4) is 0 Å². The number of carbonyl (C=O) groups excluding carboxylic acids is 2. The van der Waals surface area contributed by atoms with Gasteiger partial charge in [0.05, 0.1) is 22.0 Å². The molecule has 0 bridgehead atoms. The van der Waals surface area contributed by atoms with Crippen LogP contribution < -0.4 is 11.1 Å². The van der Waals surface area contributed by atoms with E-state index in [2.05, 4.69) is 15.3 Å². The number of anilines is 1. The van der Waals surface area contributed by atoms with Crippen molar-refractivity contribution in [3.8, 4) is 10.6 Å². The van der Waals surface area contributed by atoms with Crippen molar-refractivity contribution in [3.05, 3.63) is 30.1 Å². The molecule has 0 atom stereocenters. The number of thiazole rings is 1. The molecule has 2 aromatic rings. The lowest BCUT2D eigenvalue weighted by Gasteiger charge is -2.00. The second-order valence-electron chi connectivity index (χ2n) is 4.47. The number of rotatable bonds is 7. The minimum Gasteiger partial charge on any atom is -0.369 e. The van der Waals surface area contributed by atoms with Crippen molar-refractivity contribution < 1.29 is 9.59 Å². The zero-order valence-electron chi connectivity index (χ0n) is 12.0. The molecule has 3 N–H and O–H groups in total. The van der Waals surface area contributed by atoms with Crippen molar-refractivity contribution >= 4 is 40.0 Å². The van der Waals surface area contributed by atoms with E-state index in [9.17, 15) is 9.59 Å². The van der Waals surface area contributed by atoms with Gasteiger partial charge in [0.25, 0.3) is 0 Å². The molecule has 0 aliphatic heterocycles. The average molecular weight is 336 g/mol. The topological polar surface area (TPSA) is 98.0 Å². The van der Waals surface area contributed by atoms with E-state index in [4.69, 9.17) is 5.73 Å². The van der Waals surface area contributed by atoms with E-state index in [0.717, 1.165) is 16.3 Å². The number of hydrogen-bond acceptors (Lipinski definition) is 6. The summed E-state index contributed by atoms with van der Waals surface area (Å²) in [5.41, 5.74) is 6.71. The fourth-order valence-electron chi connectivity index (χ4n) is 1.70. The Hall–Kier alpha value is -1.93. The van der Waals surface area contributed by atoms with Crippen LogP contribution in [-0.4, -0.2) is 33.3 Å². The van der Waals surface area contributed by atoms with Crippen LogP contribution in [0.15, 0.2) is 24.4 Å². The zero-order valence-corrected chi connectivity index (χ0v) is 13.7. The number of aryl methyl sites for hydroxylation is 1. The first kappa shape index (κ1) is 16.4. The van der Waals surface area contributed by atoms with Crippen molar-refractivity contribution in [1.29, 1.82) is 0 Å². The summed E-state index contributed by atoms with van der Waals surface area (Å²) < 4.78 is 0. The van der Waals surface area contributed by atoms with Crippen LogP contribution in [-0.2, 0) is 9.59 Å². The molecule has 22 heavy (non-hydrogen) atoms. The highest BCUT2D eigenvalue weighted by Gasteiger charge is 2.12. The number of primary amides is 1. The van der Waals surface area contributed by atoms with Gasteiger partial charge in [0.15, 0.2) is 5.13 Å². The lowest BCUT2D eigenvalue weighted by Crippen LogP contribution is -2.15. The van der Waals surface area contributed by atoms with Crippen molar-refractivity contribution in [3.63, 3.8) is 0 Å². The van der Waals surface area contributed by atoms with Gasteiger partial charge in [0.1, 0.15) is 0 Å². The Labute approximate surface area is 136 Å². The van der Waals surface area contributed by atoms with Crippen LogP contribution in [0.1, 0.15) is 12.1 Å². The first-order valence-electron chi connectivity index (χ1n) is 6.61. The lowest BCUT2D eigenvalue weighted by molar-refractivity contribution is -0.116. The smallest absolute Gasteiger partial charge is 0.227 e. The highest BCUT2D eigenvalue weighted by Crippen LogP contribution is 2.31. The van der Waals surface area contributed by atoms with Gasteiger partial charge in [0.2, 0.25) is 11.8 Å². The molecule has 2 aromatic heterocycles. The highest BCUT2D eigenvalue weighted by atomic mass is 32.2. The number of carbonyl (C=O) groups is 2. The van der Waals surface area contributed by atoms with Crippen LogP contribution >= 0.6 is 23.1 Å². The Morgan fingerprint density at radius 3 is 2.91 bits per heavy atom. The molecular weight excluding hydrogens is 320 g/mol. The van der Waals surface area contributed by atoms with Crippen LogP contribution in [0.4, 0.5) is 5.13 Å². The minimum atomic E-state index is -0.374. The molecule has 8 heteroatoms. The number of amides is 2. The molecular formula is C14H16N4O2S2. The maximum absolute atomic E-state index is 11.8. The normalized spacial score (nSPS) is 10.4. The Bertz CT molecular complexity index is 658. The van der Waals surface area contributed by atoms with Crippen LogP contribution in [0.25, 0.3) is 10.6 Å². The lowest BCUT2D eigenvalue weighted by atomic mass is 10.3. The number of hydrogen-bond donors (Lipinski definition) is 2. The summed E-state index contributed by atoms with van der Waals surface area (Å²) in [5, 5.41) is 3.33. The molecule has 0 saturated heterocycles. The van der Waals surface area contributed by atoms with E-state index in [-0.39, 0.29) is 17.6 Å². The van der Waals surface area contributed by atoms with Gasteiger partial charge in [-0.2, -0.15) is 11.8 Å². The first-order chi connectivity index (χ1) is 10.6. The fraction of sp³-hybridized carbons (Fsp3) is 0.286. The molecule has 2 rings (SSSR count). The van der Waals surface area contributed by atoms with Gasteiger partial charge in [-0.1, -0.05) is 17.4 Å². The second kappa shape index (κ2) is 7.90. The Kier molecular flexibility index (Phi) is 5.91. The molecule has 0 aliphatic rings. The van der Waals surface area contributed by atoms with Gasteiger partial charge in [0, 0.05) is 18.4 Å². The molecule has 2 amide bonds. The van der Waals surface area contributed by atoms with Gasteiger partial charge in [-0.15, -0.1) is 0 Å². The van der Waals surface area contributed by atoms with Crippen LogP contribution in [0.5, 0.6) is 0 Å². The molecule has 116 valence electrons. The van der Waals surface area contributed by atoms with Crippen molar-refractivity contribution in [2.24, 2.45) is 5.73 Å². The Morgan fingerprint density at radius 2 is 2.23 bits per heavy atom. The highest BCUT2D eigenvalue weighted by molar-refractivity contribution is 7.99. The summed E-state index contributed by atoms with van der Waals surface area (Å²) in [6.07, 6.45) is 2.04. The first-order valence-corrected chi connectivity index (χ1v) is 8.58. The SMILES string of the molecule is Cc1nc(NC(=O)CCSCC(N)=O)sc1-c1ccccn1. The summed E-state index contributed by atoms with van der Waals surface area (Å²) in [4.78, 5) is 32.0. The van der Waals surface area contributed by atoms with Gasteiger partial charge in [-0.25, -0.2) is 4.98 Å². The van der Waals surface area contributed by atoms with Gasteiger partial charge < -0.3 is 11.1 Å². The fourth-order valence-corrected chi connectivity index (χ4v) is 3.34. The number of nitrogens with two attached hydrogens (primary N) is 1. The van der Waals surface area contributed by atoms with E-state index >= 15 is 0 Å². The minimum absolute atomic E-state index is 0.127. The molecule has 0 spiro atoms. The number of pyridine rings is 1. The Balaban J connectivity index is 1.91. The van der Waals surface area contributed by atoms with Crippen molar-refractivity contribution in [2.45, 2.75) is 13.3 Å². The van der Waals surface area contributed by atoms with E-state index in [1.54, 1.807) is 6.20 Å². The molecule has 6 nitrogen and oxygen atoms in total. The number of nitrogens with zero attached hydrogens (tertiary/aromatic N) is 2. The molecule has 0 saturated carbocycles. The van der Waals surface area contributed by atoms with Crippen molar-refractivity contribution in [2.75, 3.05) is 16.8 Å². The van der Waals surface area contributed by atoms with Crippen LogP contribution in [0.2, 0.25) is 0 Å². The summed E-state index contributed by atoms with van der Waals surface area (Å²) >= 11 is 2.74.